The molecule has 0 aromatic heterocycles. The average Bonchev–Trinajstić information content (AvgIpc) is 3.24. The van der Waals surface area contributed by atoms with Crippen molar-refractivity contribution in [1.29, 1.82) is 0 Å². The number of hydrogen-bond acceptors (Lipinski definition) is 5. The highest BCUT2D eigenvalue weighted by Gasteiger charge is 2.48. The molecule has 3 aromatic rings. The minimum Gasteiger partial charge on any atom is -0.363 e. The SMILES string of the molecule is Cc1cc(-c2ccccc2S(C)(=O)=O)ccc1NC(=O)[C@]1(O)CCCN1C(=O)Nc1ccc(Cl)cc1. The Morgan fingerprint density at radius 2 is 1.72 bits per heavy atom. The van der Waals surface area contributed by atoms with Gasteiger partial charge in [-0.2, -0.15) is 0 Å². The molecule has 1 fully saturated rings. The second-order valence-corrected chi connectivity index (χ2v) is 11.2. The van der Waals surface area contributed by atoms with Crippen molar-refractivity contribution in [3.05, 3.63) is 77.3 Å². The smallest absolute Gasteiger partial charge is 0.324 e. The van der Waals surface area contributed by atoms with Gasteiger partial charge in [-0.1, -0.05) is 35.9 Å². The molecule has 1 saturated heterocycles. The van der Waals surface area contributed by atoms with Crippen LogP contribution in [0.3, 0.4) is 0 Å². The summed E-state index contributed by atoms with van der Waals surface area (Å²) in [5.74, 6) is -0.723. The van der Waals surface area contributed by atoms with Gasteiger partial charge in [0, 0.05) is 41.2 Å². The first-order valence-corrected chi connectivity index (χ1v) is 13.5. The van der Waals surface area contributed by atoms with E-state index in [0.717, 1.165) is 11.2 Å². The number of carbonyl (C=O) groups is 2. The summed E-state index contributed by atoms with van der Waals surface area (Å²) in [6, 6.07) is 17.7. The second kappa shape index (κ2) is 9.93. The Kier molecular flexibility index (Phi) is 7.08. The predicted octanol–water partition coefficient (Wildman–Crippen LogP) is 4.67. The minimum atomic E-state index is -3.43. The molecule has 0 spiro atoms. The van der Waals surface area contributed by atoms with Gasteiger partial charge < -0.3 is 15.7 Å². The highest BCUT2D eigenvalue weighted by Crippen LogP contribution is 2.32. The number of aliphatic hydroxyl groups is 1. The molecule has 0 bridgehead atoms. The van der Waals surface area contributed by atoms with E-state index in [0.29, 0.717) is 39.5 Å². The summed E-state index contributed by atoms with van der Waals surface area (Å²) < 4.78 is 24.4. The number of carbonyl (C=O) groups excluding carboxylic acids is 2. The molecule has 0 aliphatic carbocycles. The van der Waals surface area contributed by atoms with Crippen LogP contribution in [-0.2, 0) is 14.6 Å². The van der Waals surface area contributed by atoms with E-state index < -0.39 is 27.5 Å². The fraction of sp³-hybridized carbons (Fsp3) is 0.231. The number of nitrogens with one attached hydrogen (secondary N) is 2. The van der Waals surface area contributed by atoms with E-state index in [4.69, 9.17) is 11.6 Å². The van der Waals surface area contributed by atoms with Crippen LogP contribution in [0.1, 0.15) is 18.4 Å². The molecular formula is C26H26ClN3O5S. The maximum Gasteiger partial charge on any atom is 0.324 e. The second-order valence-electron chi connectivity index (χ2n) is 8.76. The van der Waals surface area contributed by atoms with Crippen molar-refractivity contribution in [2.45, 2.75) is 30.4 Å². The van der Waals surface area contributed by atoms with Gasteiger partial charge in [0.2, 0.25) is 5.72 Å². The van der Waals surface area contributed by atoms with E-state index in [1.54, 1.807) is 73.7 Å². The van der Waals surface area contributed by atoms with Gasteiger partial charge >= 0.3 is 6.03 Å². The van der Waals surface area contributed by atoms with Crippen LogP contribution in [0.2, 0.25) is 5.02 Å². The summed E-state index contributed by atoms with van der Waals surface area (Å²) in [5, 5.41) is 17.1. The highest BCUT2D eigenvalue weighted by atomic mass is 35.5. The topological polar surface area (TPSA) is 116 Å². The number of likely N-dealkylation sites (tertiary alicyclic amines) is 1. The summed E-state index contributed by atoms with van der Waals surface area (Å²) >= 11 is 5.88. The van der Waals surface area contributed by atoms with E-state index in [1.165, 1.54) is 0 Å². The first kappa shape index (κ1) is 25.7. The molecule has 3 amide bonds. The first-order chi connectivity index (χ1) is 17.0. The molecule has 8 nitrogen and oxygen atoms in total. The van der Waals surface area contributed by atoms with Gasteiger partial charge in [0.15, 0.2) is 9.84 Å². The number of nitrogens with zero attached hydrogens (tertiary/aromatic N) is 1. The van der Waals surface area contributed by atoms with E-state index in [9.17, 15) is 23.1 Å². The number of benzene rings is 3. The Labute approximate surface area is 214 Å². The molecule has 4 rings (SSSR count). The van der Waals surface area contributed by atoms with Crippen LogP contribution in [0.4, 0.5) is 16.2 Å². The van der Waals surface area contributed by atoms with Crippen molar-refractivity contribution in [1.82, 2.24) is 4.90 Å². The average molecular weight is 528 g/mol. The minimum absolute atomic E-state index is 0.0890. The molecule has 188 valence electrons. The normalized spacial score (nSPS) is 17.6. The molecule has 0 unspecified atom stereocenters. The monoisotopic (exact) mass is 527 g/mol. The maximum absolute atomic E-state index is 13.2. The van der Waals surface area contributed by atoms with Crippen LogP contribution in [0.25, 0.3) is 11.1 Å². The van der Waals surface area contributed by atoms with E-state index in [-0.39, 0.29) is 17.9 Å². The van der Waals surface area contributed by atoms with Gasteiger partial charge in [-0.05, 0) is 66.9 Å². The Balaban J connectivity index is 1.53. The molecule has 3 N–H and O–H groups in total. The lowest BCUT2D eigenvalue weighted by Gasteiger charge is -2.32. The maximum atomic E-state index is 13.2. The van der Waals surface area contributed by atoms with Crippen molar-refractivity contribution < 1.29 is 23.1 Å². The zero-order chi connectivity index (χ0) is 26.1. The lowest BCUT2D eigenvalue weighted by molar-refractivity contribution is -0.145. The molecule has 1 aliphatic rings. The number of amides is 3. The molecule has 36 heavy (non-hydrogen) atoms. The Morgan fingerprint density at radius 3 is 2.39 bits per heavy atom. The number of sulfone groups is 1. The zero-order valence-electron chi connectivity index (χ0n) is 19.8. The molecule has 0 radical (unpaired) electrons. The zero-order valence-corrected chi connectivity index (χ0v) is 21.4. The number of halogens is 1. The van der Waals surface area contributed by atoms with Crippen LogP contribution >= 0.6 is 11.6 Å². The van der Waals surface area contributed by atoms with E-state index in [1.807, 2.05) is 0 Å². The van der Waals surface area contributed by atoms with Gasteiger partial charge in [-0.25, -0.2) is 13.2 Å². The van der Waals surface area contributed by atoms with Gasteiger partial charge in [-0.3, -0.25) is 9.69 Å². The number of aryl methyl sites for hydroxylation is 1. The quantitative estimate of drug-likeness (QED) is 0.446. The van der Waals surface area contributed by atoms with Crippen LogP contribution in [0, 0.1) is 6.92 Å². The summed E-state index contributed by atoms with van der Waals surface area (Å²) in [7, 11) is -3.43. The number of urea groups is 1. The largest absolute Gasteiger partial charge is 0.363 e. The van der Waals surface area contributed by atoms with Crippen LogP contribution in [0.15, 0.2) is 71.6 Å². The Hall–Kier alpha value is -3.40. The van der Waals surface area contributed by atoms with Crippen LogP contribution < -0.4 is 10.6 Å². The number of anilines is 2. The summed E-state index contributed by atoms with van der Waals surface area (Å²) in [6.07, 6.45) is 1.70. The fourth-order valence-corrected chi connectivity index (χ4v) is 5.29. The van der Waals surface area contributed by atoms with Gasteiger partial charge in [0.05, 0.1) is 4.90 Å². The Morgan fingerprint density at radius 1 is 1.03 bits per heavy atom. The van der Waals surface area contributed by atoms with Gasteiger partial charge in [0.1, 0.15) is 0 Å². The highest BCUT2D eigenvalue weighted by molar-refractivity contribution is 7.90. The third-order valence-corrected chi connectivity index (χ3v) is 7.54. The molecular weight excluding hydrogens is 502 g/mol. The predicted molar refractivity (Wildman–Crippen MR) is 140 cm³/mol. The third kappa shape index (κ3) is 5.23. The Bertz CT molecular complexity index is 1430. The third-order valence-electron chi connectivity index (χ3n) is 6.13. The van der Waals surface area contributed by atoms with E-state index >= 15 is 0 Å². The summed E-state index contributed by atoms with van der Waals surface area (Å²) in [5.41, 5.74) is 0.807. The lowest BCUT2D eigenvalue weighted by atomic mass is 10.0. The lowest BCUT2D eigenvalue weighted by Crippen LogP contribution is -2.56. The van der Waals surface area contributed by atoms with Crippen molar-refractivity contribution >= 4 is 44.8 Å². The molecule has 10 heteroatoms. The molecule has 3 aromatic carbocycles. The van der Waals surface area contributed by atoms with Gasteiger partial charge in [-0.15, -0.1) is 0 Å². The molecule has 1 heterocycles. The van der Waals surface area contributed by atoms with Crippen molar-refractivity contribution in [2.24, 2.45) is 0 Å². The van der Waals surface area contributed by atoms with Crippen molar-refractivity contribution in [3.63, 3.8) is 0 Å². The number of hydrogen-bond donors (Lipinski definition) is 3. The van der Waals surface area contributed by atoms with Crippen LogP contribution in [-0.4, -0.2) is 48.9 Å². The standard InChI is InChI=1S/C26H26ClN3O5S/c1-17-16-18(21-6-3-4-7-23(21)36(2,34)35)8-13-22(17)29-24(31)26(33)14-5-15-30(26)25(32)28-20-11-9-19(27)10-12-20/h3-4,6-13,16,33H,5,14-15H2,1-2H3,(H,28,32)(H,29,31)/t26-/m1/s1. The van der Waals surface area contributed by atoms with Crippen molar-refractivity contribution in [3.8, 4) is 11.1 Å². The number of rotatable bonds is 5. The molecule has 1 aliphatic heterocycles. The first-order valence-electron chi connectivity index (χ1n) is 11.3. The summed E-state index contributed by atoms with van der Waals surface area (Å²) in [6.45, 7) is 1.98. The summed E-state index contributed by atoms with van der Waals surface area (Å²) in [4.78, 5) is 27.3. The van der Waals surface area contributed by atoms with Crippen LogP contribution in [0.5, 0.6) is 0 Å². The fourth-order valence-electron chi connectivity index (χ4n) is 4.26. The molecule has 0 saturated carbocycles. The van der Waals surface area contributed by atoms with Crippen molar-refractivity contribution in [2.75, 3.05) is 23.4 Å². The van der Waals surface area contributed by atoms with Gasteiger partial charge in [0.25, 0.3) is 5.91 Å². The van der Waals surface area contributed by atoms with E-state index in [2.05, 4.69) is 10.6 Å². The molecule has 1 atom stereocenters.